The molecule has 2 aromatic carbocycles. The molecule has 0 heterocycles. The third-order valence-corrected chi connectivity index (χ3v) is 2.97. The quantitative estimate of drug-likeness (QED) is 0.593. The summed E-state index contributed by atoms with van der Waals surface area (Å²) in [4.78, 5) is 0. The van der Waals surface area contributed by atoms with E-state index in [-0.39, 0.29) is 0 Å². The SMILES string of the molecule is CC(/C=C/C=C/C=C/c1ccccc1)=C\c1ccccc1. The van der Waals surface area contributed by atoms with E-state index < -0.39 is 0 Å². The van der Waals surface area contributed by atoms with Gasteiger partial charge < -0.3 is 0 Å². The van der Waals surface area contributed by atoms with E-state index in [2.05, 4.69) is 73.7 Å². The fourth-order valence-electron chi connectivity index (χ4n) is 1.93. The zero-order chi connectivity index (χ0) is 14.8. The van der Waals surface area contributed by atoms with Crippen molar-refractivity contribution in [2.45, 2.75) is 6.92 Å². The lowest BCUT2D eigenvalue weighted by atomic mass is 10.1. The summed E-state index contributed by atoms with van der Waals surface area (Å²) in [7, 11) is 0. The van der Waals surface area contributed by atoms with E-state index in [9.17, 15) is 0 Å². The highest BCUT2D eigenvalue weighted by Gasteiger charge is 1.85. The predicted molar refractivity (Wildman–Crippen MR) is 93.8 cm³/mol. The summed E-state index contributed by atoms with van der Waals surface area (Å²) in [5.74, 6) is 0. The van der Waals surface area contributed by atoms with Crippen molar-refractivity contribution in [2.75, 3.05) is 0 Å². The van der Waals surface area contributed by atoms with Gasteiger partial charge in [0.1, 0.15) is 0 Å². The molecular formula is C21H20. The van der Waals surface area contributed by atoms with Gasteiger partial charge in [0, 0.05) is 0 Å². The number of allylic oxidation sites excluding steroid dienone is 6. The van der Waals surface area contributed by atoms with Crippen LogP contribution in [0.2, 0.25) is 0 Å². The van der Waals surface area contributed by atoms with Gasteiger partial charge in [-0.3, -0.25) is 0 Å². The van der Waals surface area contributed by atoms with Gasteiger partial charge in [-0.1, -0.05) is 109 Å². The molecule has 2 rings (SSSR count). The highest BCUT2D eigenvalue weighted by Crippen LogP contribution is 2.07. The number of hydrogen-bond donors (Lipinski definition) is 0. The monoisotopic (exact) mass is 272 g/mol. The van der Waals surface area contributed by atoms with Crippen molar-refractivity contribution in [3.8, 4) is 0 Å². The zero-order valence-corrected chi connectivity index (χ0v) is 12.3. The van der Waals surface area contributed by atoms with Crippen LogP contribution >= 0.6 is 0 Å². The van der Waals surface area contributed by atoms with E-state index >= 15 is 0 Å². The minimum Gasteiger partial charge on any atom is -0.0623 e. The van der Waals surface area contributed by atoms with Crippen molar-refractivity contribution in [1.29, 1.82) is 0 Å². The van der Waals surface area contributed by atoms with E-state index in [0.717, 1.165) is 0 Å². The first-order valence-corrected chi connectivity index (χ1v) is 7.14. The number of rotatable bonds is 5. The normalized spacial score (nSPS) is 12.7. The molecule has 0 aliphatic heterocycles. The van der Waals surface area contributed by atoms with Crippen LogP contribution in [0.25, 0.3) is 12.2 Å². The zero-order valence-electron chi connectivity index (χ0n) is 12.3. The van der Waals surface area contributed by atoms with Gasteiger partial charge in [-0.2, -0.15) is 0 Å². The highest BCUT2D eigenvalue weighted by atomic mass is 13.9. The molecule has 0 amide bonds. The molecule has 0 aliphatic rings. The van der Waals surface area contributed by atoms with Crippen molar-refractivity contribution in [3.63, 3.8) is 0 Å². The van der Waals surface area contributed by atoms with Gasteiger partial charge in [0.2, 0.25) is 0 Å². The highest BCUT2D eigenvalue weighted by molar-refractivity contribution is 5.55. The summed E-state index contributed by atoms with van der Waals surface area (Å²) in [5, 5.41) is 0. The molecule has 0 saturated heterocycles. The molecule has 0 N–H and O–H groups in total. The maximum absolute atomic E-state index is 2.17. The van der Waals surface area contributed by atoms with Crippen LogP contribution < -0.4 is 0 Å². The summed E-state index contributed by atoms with van der Waals surface area (Å²) >= 11 is 0. The average Bonchev–Trinajstić information content (AvgIpc) is 2.53. The molecule has 0 atom stereocenters. The van der Waals surface area contributed by atoms with Crippen molar-refractivity contribution in [1.82, 2.24) is 0 Å². The Morgan fingerprint density at radius 1 is 0.667 bits per heavy atom. The molecule has 21 heavy (non-hydrogen) atoms. The third kappa shape index (κ3) is 5.92. The minimum absolute atomic E-state index is 1.21. The summed E-state index contributed by atoms with van der Waals surface area (Å²) in [5.41, 5.74) is 3.68. The molecular weight excluding hydrogens is 252 g/mol. The predicted octanol–water partition coefficient (Wildman–Crippen LogP) is 5.92. The van der Waals surface area contributed by atoms with Crippen LogP contribution in [0.15, 0.2) is 96.6 Å². The van der Waals surface area contributed by atoms with Crippen molar-refractivity contribution in [3.05, 3.63) is 108 Å². The van der Waals surface area contributed by atoms with Crippen LogP contribution in [0.5, 0.6) is 0 Å². The molecule has 0 bridgehead atoms. The molecule has 0 heteroatoms. The van der Waals surface area contributed by atoms with Gasteiger partial charge in [-0.25, -0.2) is 0 Å². The fourth-order valence-corrected chi connectivity index (χ4v) is 1.93. The Hall–Kier alpha value is -2.60. The molecule has 0 spiro atoms. The van der Waals surface area contributed by atoms with Gasteiger partial charge >= 0.3 is 0 Å². The Bertz CT molecular complexity index is 641. The maximum atomic E-state index is 2.17. The molecule has 2 aromatic rings. The summed E-state index contributed by atoms with van der Waals surface area (Å²) in [6.45, 7) is 2.11. The van der Waals surface area contributed by atoms with Gasteiger partial charge in [-0.15, -0.1) is 0 Å². The standard InChI is InChI=1S/C21H20/c1-19(18-21-16-10-5-11-17-21)12-6-2-3-7-13-20-14-8-4-9-15-20/h2-18H,1H3/b3-2+,12-6+,13-7+,19-18+. The van der Waals surface area contributed by atoms with Crippen LogP contribution in [-0.2, 0) is 0 Å². The van der Waals surface area contributed by atoms with Crippen LogP contribution in [-0.4, -0.2) is 0 Å². The van der Waals surface area contributed by atoms with Gasteiger partial charge in [0.05, 0.1) is 0 Å². The lowest BCUT2D eigenvalue weighted by molar-refractivity contribution is 1.54. The minimum atomic E-state index is 1.21. The van der Waals surface area contributed by atoms with Gasteiger partial charge in [0.25, 0.3) is 0 Å². The van der Waals surface area contributed by atoms with Crippen molar-refractivity contribution < 1.29 is 0 Å². The van der Waals surface area contributed by atoms with Crippen LogP contribution in [0.3, 0.4) is 0 Å². The van der Waals surface area contributed by atoms with Crippen molar-refractivity contribution in [2.24, 2.45) is 0 Å². The second-order valence-corrected chi connectivity index (χ2v) is 4.81. The van der Waals surface area contributed by atoms with Crippen LogP contribution in [0.4, 0.5) is 0 Å². The first-order chi connectivity index (χ1) is 10.3. The summed E-state index contributed by atoms with van der Waals surface area (Å²) < 4.78 is 0. The topological polar surface area (TPSA) is 0 Å². The van der Waals surface area contributed by atoms with E-state index in [4.69, 9.17) is 0 Å². The van der Waals surface area contributed by atoms with E-state index in [1.165, 1.54) is 16.7 Å². The summed E-state index contributed by atoms with van der Waals surface area (Å²) in [6, 6.07) is 20.6. The molecule has 0 saturated carbocycles. The second-order valence-electron chi connectivity index (χ2n) is 4.81. The molecule has 0 aromatic heterocycles. The van der Waals surface area contributed by atoms with Gasteiger partial charge in [-0.05, 0) is 18.1 Å². The Labute approximate surface area is 127 Å². The van der Waals surface area contributed by atoms with Crippen molar-refractivity contribution >= 4 is 12.2 Å². The Kier molecular flexibility index (Phi) is 6.02. The van der Waals surface area contributed by atoms with E-state index in [1.807, 2.05) is 36.4 Å². The summed E-state index contributed by atoms with van der Waals surface area (Å²) in [6.07, 6.45) is 14.6. The first kappa shape index (κ1) is 14.8. The van der Waals surface area contributed by atoms with Gasteiger partial charge in [0.15, 0.2) is 0 Å². The molecule has 0 unspecified atom stereocenters. The second kappa shape index (κ2) is 8.55. The molecule has 0 nitrogen and oxygen atoms in total. The van der Waals surface area contributed by atoms with Crippen LogP contribution in [0.1, 0.15) is 18.1 Å². The Morgan fingerprint density at radius 3 is 1.90 bits per heavy atom. The molecule has 0 radical (unpaired) electrons. The first-order valence-electron chi connectivity index (χ1n) is 7.14. The molecule has 104 valence electrons. The maximum Gasteiger partial charge on any atom is -0.0254 e. The van der Waals surface area contributed by atoms with Crippen LogP contribution in [0, 0.1) is 0 Å². The Balaban J connectivity index is 1.86. The fraction of sp³-hybridized carbons (Fsp3) is 0.0476. The number of benzene rings is 2. The number of hydrogen-bond acceptors (Lipinski definition) is 0. The van der Waals surface area contributed by atoms with E-state index in [1.54, 1.807) is 0 Å². The molecule has 0 aliphatic carbocycles. The average molecular weight is 272 g/mol. The molecule has 0 fully saturated rings. The Morgan fingerprint density at radius 2 is 1.24 bits per heavy atom. The lowest BCUT2D eigenvalue weighted by Crippen LogP contribution is -1.72. The largest absolute Gasteiger partial charge is 0.0623 e. The van der Waals surface area contributed by atoms with E-state index in [0.29, 0.717) is 0 Å². The smallest absolute Gasteiger partial charge is 0.0254 e. The lowest BCUT2D eigenvalue weighted by Gasteiger charge is -1.93. The third-order valence-electron chi connectivity index (χ3n) is 2.97.